The summed E-state index contributed by atoms with van der Waals surface area (Å²) in [4.78, 5) is 13.3. The second-order valence-corrected chi connectivity index (χ2v) is 7.37. The molecule has 1 aliphatic heterocycles. The van der Waals surface area contributed by atoms with Gasteiger partial charge in [0.05, 0.1) is 7.11 Å². The van der Waals surface area contributed by atoms with Gasteiger partial charge in [0.2, 0.25) is 15.0 Å². The Bertz CT molecular complexity index is 614. The molecule has 1 atom stereocenters. The number of aryl methyl sites for hydroxylation is 1. The molecule has 0 spiro atoms. The molecule has 0 radical (unpaired) electrons. The molecule has 1 unspecified atom stereocenters. The Morgan fingerprint density at radius 2 is 2.11 bits per heavy atom. The number of ether oxygens (including phenoxy) is 1. The van der Waals surface area contributed by atoms with E-state index in [0.29, 0.717) is 11.4 Å². The Kier molecular flexibility index (Phi) is 3.73. The first-order valence-electron chi connectivity index (χ1n) is 5.71. The van der Waals surface area contributed by atoms with Crippen LogP contribution in [-0.4, -0.2) is 33.2 Å². The molecule has 19 heavy (non-hydrogen) atoms. The number of carbonyl (C=O) groups is 1. The minimum atomic E-state index is -3.72. The molecule has 1 aromatic rings. The third kappa shape index (κ3) is 2.84. The van der Waals surface area contributed by atoms with Crippen LogP contribution < -0.4 is 9.64 Å². The Balaban J connectivity index is 2.31. The molecular formula is C12H14ClNO4S. The summed E-state index contributed by atoms with van der Waals surface area (Å²) in [6.07, 6.45) is -0.0813. The zero-order chi connectivity index (χ0) is 14.2. The van der Waals surface area contributed by atoms with E-state index in [1.807, 2.05) is 13.0 Å². The first kappa shape index (κ1) is 14.1. The number of nitrogens with zero attached hydrogens (tertiary/aromatic N) is 1. The van der Waals surface area contributed by atoms with Crippen LogP contribution in [0, 0.1) is 6.92 Å². The van der Waals surface area contributed by atoms with Crippen molar-refractivity contribution in [1.82, 2.24) is 0 Å². The number of amides is 1. The summed E-state index contributed by atoms with van der Waals surface area (Å²) in [5.41, 5.74) is 1.56. The lowest BCUT2D eigenvalue weighted by Gasteiger charge is -2.17. The molecule has 0 N–H and O–H groups in total. The number of halogens is 1. The maximum atomic E-state index is 11.9. The zero-order valence-corrected chi connectivity index (χ0v) is 12.2. The SMILES string of the molecule is COc1cc(N2CC(S(=O)(=O)Cl)CC2=O)ccc1C. The van der Waals surface area contributed by atoms with E-state index in [1.54, 1.807) is 19.2 Å². The molecule has 1 amide bonds. The van der Waals surface area contributed by atoms with Crippen molar-refractivity contribution in [3.05, 3.63) is 23.8 Å². The van der Waals surface area contributed by atoms with Crippen LogP contribution in [-0.2, 0) is 13.8 Å². The summed E-state index contributed by atoms with van der Waals surface area (Å²) in [5.74, 6) is 0.405. The Hall–Kier alpha value is -1.27. The van der Waals surface area contributed by atoms with Crippen LogP contribution in [0.2, 0.25) is 0 Å². The van der Waals surface area contributed by atoms with Gasteiger partial charge in [-0.15, -0.1) is 0 Å². The van der Waals surface area contributed by atoms with Gasteiger partial charge >= 0.3 is 0 Å². The summed E-state index contributed by atoms with van der Waals surface area (Å²) in [6, 6.07) is 5.30. The molecule has 0 aliphatic carbocycles. The van der Waals surface area contributed by atoms with Crippen LogP contribution >= 0.6 is 10.7 Å². The fourth-order valence-electron chi connectivity index (χ4n) is 2.09. The third-order valence-electron chi connectivity index (χ3n) is 3.19. The number of carbonyl (C=O) groups excluding carboxylic acids is 1. The van der Waals surface area contributed by atoms with E-state index in [4.69, 9.17) is 15.4 Å². The van der Waals surface area contributed by atoms with Gasteiger partial charge in [0, 0.05) is 35.4 Å². The molecule has 0 saturated carbocycles. The van der Waals surface area contributed by atoms with Crippen molar-refractivity contribution in [3.8, 4) is 5.75 Å². The Morgan fingerprint density at radius 1 is 1.42 bits per heavy atom. The van der Waals surface area contributed by atoms with Crippen molar-refractivity contribution < 1.29 is 17.9 Å². The molecule has 2 rings (SSSR count). The van der Waals surface area contributed by atoms with Gasteiger partial charge in [-0.3, -0.25) is 4.79 Å². The van der Waals surface area contributed by atoms with Gasteiger partial charge in [-0.25, -0.2) is 8.42 Å². The van der Waals surface area contributed by atoms with E-state index in [1.165, 1.54) is 4.90 Å². The number of methoxy groups -OCH3 is 1. The summed E-state index contributed by atoms with van der Waals surface area (Å²) < 4.78 is 27.8. The minimum absolute atomic E-state index is 0.0802. The van der Waals surface area contributed by atoms with Crippen LogP contribution in [0.15, 0.2) is 18.2 Å². The predicted octanol–water partition coefficient (Wildman–Crippen LogP) is 1.68. The van der Waals surface area contributed by atoms with Crippen molar-refractivity contribution in [3.63, 3.8) is 0 Å². The number of anilines is 1. The molecule has 1 fully saturated rings. The lowest BCUT2D eigenvalue weighted by molar-refractivity contribution is -0.117. The Morgan fingerprint density at radius 3 is 2.63 bits per heavy atom. The maximum Gasteiger partial charge on any atom is 0.237 e. The molecule has 1 aliphatic rings. The van der Waals surface area contributed by atoms with E-state index in [9.17, 15) is 13.2 Å². The number of rotatable bonds is 3. The first-order valence-corrected chi connectivity index (χ1v) is 8.08. The summed E-state index contributed by atoms with van der Waals surface area (Å²) in [6.45, 7) is 1.97. The molecule has 0 bridgehead atoms. The van der Waals surface area contributed by atoms with Crippen molar-refractivity contribution in [2.75, 3.05) is 18.6 Å². The van der Waals surface area contributed by atoms with Gasteiger partial charge in [-0.2, -0.15) is 0 Å². The van der Waals surface area contributed by atoms with Crippen LogP contribution in [0.3, 0.4) is 0 Å². The van der Waals surface area contributed by atoms with Gasteiger partial charge in [-0.1, -0.05) is 6.07 Å². The predicted molar refractivity (Wildman–Crippen MR) is 73.3 cm³/mol. The molecule has 1 heterocycles. The highest BCUT2D eigenvalue weighted by molar-refractivity contribution is 8.14. The van der Waals surface area contributed by atoms with Gasteiger partial charge in [0.25, 0.3) is 0 Å². The number of benzene rings is 1. The fraction of sp³-hybridized carbons (Fsp3) is 0.417. The average Bonchev–Trinajstić information content (AvgIpc) is 2.72. The first-order chi connectivity index (χ1) is 8.82. The zero-order valence-electron chi connectivity index (χ0n) is 10.6. The van der Waals surface area contributed by atoms with Gasteiger partial charge in [0.1, 0.15) is 11.0 Å². The number of hydrogen-bond donors (Lipinski definition) is 0. The van der Waals surface area contributed by atoms with E-state index >= 15 is 0 Å². The Labute approximate surface area is 116 Å². The van der Waals surface area contributed by atoms with Crippen molar-refractivity contribution in [2.24, 2.45) is 0 Å². The van der Waals surface area contributed by atoms with Crippen molar-refractivity contribution in [1.29, 1.82) is 0 Å². The van der Waals surface area contributed by atoms with Gasteiger partial charge in [-0.05, 0) is 18.6 Å². The van der Waals surface area contributed by atoms with Gasteiger partial charge < -0.3 is 9.64 Å². The average molecular weight is 304 g/mol. The summed E-state index contributed by atoms with van der Waals surface area (Å²) in [5, 5.41) is -0.853. The van der Waals surface area contributed by atoms with Crippen molar-refractivity contribution in [2.45, 2.75) is 18.6 Å². The largest absolute Gasteiger partial charge is 0.496 e. The summed E-state index contributed by atoms with van der Waals surface area (Å²) >= 11 is 0. The summed E-state index contributed by atoms with van der Waals surface area (Å²) in [7, 11) is 3.13. The third-order valence-corrected chi connectivity index (χ3v) is 5.06. The van der Waals surface area contributed by atoms with Crippen LogP contribution in [0.5, 0.6) is 5.75 Å². The molecular weight excluding hydrogens is 290 g/mol. The second-order valence-electron chi connectivity index (χ2n) is 4.46. The lowest BCUT2D eigenvalue weighted by Crippen LogP contribution is -2.26. The molecule has 5 nitrogen and oxygen atoms in total. The fourth-order valence-corrected chi connectivity index (χ4v) is 3.12. The second kappa shape index (κ2) is 5.02. The quantitative estimate of drug-likeness (QED) is 0.797. The van der Waals surface area contributed by atoms with Crippen molar-refractivity contribution >= 4 is 31.3 Å². The highest BCUT2D eigenvalue weighted by atomic mass is 35.7. The highest BCUT2D eigenvalue weighted by Gasteiger charge is 2.38. The lowest BCUT2D eigenvalue weighted by atomic mass is 10.2. The maximum absolute atomic E-state index is 11.9. The highest BCUT2D eigenvalue weighted by Crippen LogP contribution is 2.30. The smallest absolute Gasteiger partial charge is 0.237 e. The van der Waals surface area contributed by atoms with E-state index < -0.39 is 14.3 Å². The van der Waals surface area contributed by atoms with Crippen LogP contribution in [0.1, 0.15) is 12.0 Å². The monoisotopic (exact) mass is 303 g/mol. The standard InChI is InChI=1S/C12H14ClNO4S/c1-8-3-4-9(5-11(8)18-2)14-7-10(6-12(14)15)19(13,16)17/h3-5,10H,6-7H2,1-2H3. The topological polar surface area (TPSA) is 63.7 Å². The van der Waals surface area contributed by atoms with E-state index in [0.717, 1.165) is 5.56 Å². The van der Waals surface area contributed by atoms with E-state index in [2.05, 4.69) is 0 Å². The van der Waals surface area contributed by atoms with Crippen LogP contribution in [0.25, 0.3) is 0 Å². The molecule has 0 aromatic heterocycles. The molecule has 104 valence electrons. The molecule has 7 heteroatoms. The normalized spacial score (nSPS) is 19.8. The molecule has 1 aromatic carbocycles. The minimum Gasteiger partial charge on any atom is -0.496 e. The van der Waals surface area contributed by atoms with Crippen LogP contribution in [0.4, 0.5) is 5.69 Å². The van der Waals surface area contributed by atoms with E-state index in [-0.39, 0.29) is 18.9 Å². The van der Waals surface area contributed by atoms with Gasteiger partial charge in [0.15, 0.2) is 0 Å². The number of hydrogen-bond acceptors (Lipinski definition) is 4. The molecule has 1 saturated heterocycles.